The van der Waals surface area contributed by atoms with Crippen molar-refractivity contribution in [2.45, 2.75) is 5.16 Å². The maximum Gasteiger partial charge on any atom is 0.332 e. The van der Waals surface area contributed by atoms with Crippen molar-refractivity contribution in [2.75, 3.05) is 18.2 Å². The Balaban J connectivity index is 1.72. The summed E-state index contributed by atoms with van der Waals surface area (Å²) in [6, 6.07) is 6.97. The Kier molecular flexibility index (Phi) is 4.85. The quantitative estimate of drug-likeness (QED) is 0.635. The number of benzene rings is 1. The summed E-state index contributed by atoms with van der Waals surface area (Å²) < 4.78 is 7.36. The molecule has 0 aliphatic rings. The average Bonchev–Trinajstić information content (AvgIpc) is 3.08. The number of rotatable bonds is 5. The van der Waals surface area contributed by atoms with Gasteiger partial charge in [0.1, 0.15) is 5.75 Å². The Bertz CT molecular complexity index is 1080. The van der Waals surface area contributed by atoms with Crippen LogP contribution in [-0.2, 0) is 18.9 Å². The number of aromatic nitrogens is 4. The van der Waals surface area contributed by atoms with E-state index in [4.69, 9.17) is 4.74 Å². The predicted molar refractivity (Wildman–Crippen MR) is 98.9 cm³/mol. The number of nitrogens with zero attached hydrogens (tertiary/aromatic N) is 3. The Morgan fingerprint density at radius 2 is 1.92 bits per heavy atom. The molecule has 9 nitrogen and oxygen atoms in total. The van der Waals surface area contributed by atoms with Crippen LogP contribution in [0.4, 0.5) is 5.69 Å². The molecule has 0 unspecified atom stereocenters. The van der Waals surface area contributed by atoms with Crippen molar-refractivity contribution in [1.82, 2.24) is 19.1 Å². The molecule has 2 heterocycles. The Morgan fingerprint density at radius 3 is 2.58 bits per heavy atom. The number of thioether (sulfide) groups is 1. The van der Waals surface area contributed by atoms with Crippen LogP contribution in [0.5, 0.6) is 5.75 Å². The fraction of sp³-hybridized carbons (Fsp3) is 0.250. The van der Waals surface area contributed by atoms with Crippen molar-refractivity contribution >= 4 is 34.5 Å². The van der Waals surface area contributed by atoms with Crippen LogP contribution < -0.4 is 21.3 Å². The first-order chi connectivity index (χ1) is 12.4. The van der Waals surface area contributed by atoms with E-state index in [9.17, 15) is 14.4 Å². The summed E-state index contributed by atoms with van der Waals surface area (Å²) in [4.78, 5) is 43.2. The van der Waals surface area contributed by atoms with Gasteiger partial charge < -0.3 is 15.0 Å². The molecule has 0 saturated carbocycles. The van der Waals surface area contributed by atoms with E-state index in [0.29, 0.717) is 16.6 Å². The minimum atomic E-state index is -0.456. The molecule has 0 aliphatic carbocycles. The van der Waals surface area contributed by atoms with E-state index < -0.39 is 11.2 Å². The van der Waals surface area contributed by atoms with Gasteiger partial charge in [0.15, 0.2) is 16.3 Å². The molecule has 136 valence electrons. The zero-order valence-corrected chi connectivity index (χ0v) is 15.2. The molecule has 0 aliphatic heterocycles. The van der Waals surface area contributed by atoms with Gasteiger partial charge in [-0.25, -0.2) is 9.78 Å². The number of amides is 1. The third-order valence-electron chi connectivity index (χ3n) is 3.79. The zero-order chi connectivity index (χ0) is 18.8. The topological polar surface area (TPSA) is 111 Å². The van der Waals surface area contributed by atoms with Gasteiger partial charge in [0.2, 0.25) is 5.91 Å². The average molecular weight is 375 g/mol. The number of anilines is 1. The Morgan fingerprint density at radius 1 is 1.23 bits per heavy atom. The highest BCUT2D eigenvalue weighted by Crippen LogP contribution is 2.18. The fourth-order valence-electron chi connectivity index (χ4n) is 2.38. The van der Waals surface area contributed by atoms with E-state index in [1.54, 1.807) is 31.4 Å². The van der Waals surface area contributed by atoms with Crippen LogP contribution in [0.3, 0.4) is 0 Å². The summed E-state index contributed by atoms with van der Waals surface area (Å²) in [7, 11) is 4.51. The lowest BCUT2D eigenvalue weighted by molar-refractivity contribution is -0.113. The molecule has 3 rings (SSSR count). The molecule has 10 heteroatoms. The van der Waals surface area contributed by atoms with E-state index in [1.165, 1.54) is 18.7 Å². The molecule has 0 atom stereocenters. The molecule has 0 spiro atoms. The zero-order valence-electron chi connectivity index (χ0n) is 14.4. The highest BCUT2D eigenvalue weighted by molar-refractivity contribution is 7.99. The second-order valence-electron chi connectivity index (χ2n) is 5.51. The van der Waals surface area contributed by atoms with Gasteiger partial charge in [0.25, 0.3) is 5.56 Å². The largest absolute Gasteiger partial charge is 0.497 e. The smallest absolute Gasteiger partial charge is 0.332 e. The second-order valence-corrected chi connectivity index (χ2v) is 6.48. The van der Waals surface area contributed by atoms with Crippen LogP contribution in [0.15, 0.2) is 39.0 Å². The molecule has 1 aromatic carbocycles. The van der Waals surface area contributed by atoms with Crippen LogP contribution in [0.2, 0.25) is 0 Å². The Hall–Kier alpha value is -3.01. The van der Waals surface area contributed by atoms with Gasteiger partial charge in [-0.1, -0.05) is 11.8 Å². The van der Waals surface area contributed by atoms with Crippen LogP contribution in [0, 0.1) is 0 Å². The summed E-state index contributed by atoms with van der Waals surface area (Å²) in [6.07, 6.45) is 0. The van der Waals surface area contributed by atoms with Crippen LogP contribution >= 0.6 is 11.8 Å². The summed E-state index contributed by atoms with van der Waals surface area (Å²) in [5, 5.41) is 3.15. The second kappa shape index (κ2) is 7.08. The molecular formula is C16H17N5O4S. The van der Waals surface area contributed by atoms with Gasteiger partial charge in [-0.05, 0) is 24.3 Å². The van der Waals surface area contributed by atoms with Crippen molar-refractivity contribution < 1.29 is 9.53 Å². The van der Waals surface area contributed by atoms with Crippen LogP contribution in [0.25, 0.3) is 11.2 Å². The molecule has 2 N–H and O–H groups in total. The monoisotopic (exact) mass is 375 g/mol. The van der Waals surface area contributed by atoms with Crippen molar-refractivity contribution in [2.24, 2.45) is 14.1 Å². The molecule has 0 saturated heterocycles. The SMILES string of the molecule is COc1ccc(NC(=O)CSc2nc3c([nH]2)c(=O)n(C)c(=O)n3C)cc1. The molecule has 3 aromatic rings. The molecule has 26 heavy (non-hydrogen) atoms. The van der Waals surface area contributed by atoms with Gasteiger partial charge in [-0.2, -0.15) is 0 Å². The minimum absolute atomic E-state index is 0.0973. The molecule has 0 bridgehead atoms. The van der Waals surface area contributed by atoms with Gasteiger partial charge in [-0.15, -0.1) is 0 Å². The first-order valence-corrected chi connectivity index (χ1v) is 8.61. The molecular weight excluding hydrogens is 358 g/mol. The van der Waals surface area contributed by atoms with Crippen molar-refractivity contribution in [3.63, 3.8) is 0 Å². The number of carbonyl (C=O) groups excluding carboxylic acids is 1. The summed E-state index contributed by atoms with van der Waals surface area (Å²) in [5.74, 6) is 0.578. The number of carbonyl (C=O) groups is 1. The molecule has 1 amide bonds. The standard InChI is InChI=1S/C16H17N5O4S/c1-20-13-12(14(23)21(2)16(20)24)18-15(19-13)26-8-11(22)17-9-4-6-10(25-3)7-5-9/h4-7H,8H2,1-3H3,(H,17,22)(H,18,19). The number of aryl methyl sites for hydroxylation is 1. The molecule has 0 radical (unpaired) electrons. The van der Waals surface area contributed by atoms with Crippen molar-refractivity contribution in [1.29, 1.82) is 0 Å². The number of aromatic amines is 1. The number of nitrogens with one attached hydrogen (secondary N) is 2. The number of ether oxygens (including phenoxy) is 1. The first kappa shape index (κ1) is 17.8. The third-order valence-corrected chi connectivity index (χ3v) is 4.66. The predicted octanol–water partition coefficient (Wildman–Crippen LogP) is 0.700. The van der Waals surface area contributed by atoms with Crippen LogP contribution in [-0.4, -0.2) is 37.9 Å². The molecule has 0 fully saturated rings. The summed E-state index contributed by atoms with van der Waals surface area (Å²) in [6.45, 7) is 0. The van der Waals surface area contributed by atoms with Crippen molar-refractivity contribution in [3.05, 3.63) is 45.1 Å². The summed E-state index contributed by atoms with van der Waals surface area (Å²) >= 11 is 1.14. The normalized spacial score (nSPS) is 10.9. The van der Waals surface area contributed by atoms with Gasteiger partial charge in [0, 0.05) is 19.8 Å². The van der Waals surface area contributed by atoms with Gasteiger partial charge in [-0.3, -0.25) is 18.7 Å². The number of H-pyrrole nitrogens is 1. The number of hydrogen-bond acceptors (Lipinski definition) is 6. The lowest BCUT2D eigenvalue weighted by Crippen LogP contribution is -2.36. The van der Waals surface area contributed by atoms with E-state index in [0.717, 1.165) is 16.3 Å². The van der Waals surface area contributed by atoms with Crippen LogP contribution in [0.1, 0.15) is 0 Å². The fourth-order valence-corrected chi connectivity index (χ4v) is 3.04. The van der Waals surface area contributed by atoms with E-state index in [1.807, 2.05) is 0 Å². The number of methoxy groups -OCH3 is 1. The highest BCUT2D eigenvalue weighted by atomic mass is 32.2. The van der Waals surface area contributed by atoms with Crippen molar-refractivity contribution in [3.8, 4) is 5.75 Å². The van der Waals surface area contributed by atoms with E-state index in [2.05, 4.69) is 15.3 Å². The number of fused-ring (bicyclic) bond motifs is 1. The number of imidazole rings is 1. The molecule has 2 aromatic heterocycles. The van der Waals surface area contributed by atoms with E-state index in [-0.39, 0.29) is 22.8 Å². The highest BCUT2D eigenvalue weighted by Gasteiger charge is 2.14. The third kappa shape index (κ3) is 3.36. The lowest BCUT2D eigenvalue weighted by Gasteiger charge is -2.05. The minimum Gasteiger partial charge on any atom is -0.497 e. The Labute approximate surface area is 152 Å². The lowest BCUT2D eigenvalue weighted by atomic mass is 10.3. The number of hydrogen-bond donors (Lipinski definition) is 2. The van der Waals surface area contributed by atoms with E-state index >= 15 is 0 Å². The maximum absolute atomic E-state index is 12.1. The maximum atomic E-state index is 12.1. The van der Waals surface area contributed by atoms with Gasteiger partial charge >= 0.3 is 5.69 Å². The summed E-state index contributed by atoms with van der Waals surface area (Å²) in [5.41, 5.74) is 0.231. The van der Waals surface area contributed by atoms with Gasteiger partial charge in [0.05, 0.1) is 12.9 Å². The first-order valence-electron chi connectivity index (χ1n) is 7.63.